The van der Waals surface area contributed by atoms with E-state index in [0.717, 1.165) is 0 Å². The van der Waals surface area contributed by atoms with E-state index in [0.29, 0.717) is 16.5 Å². The van der Waals surface area contributed by atoms with E-state index in [1.54, 1.807) is 18.2 Å². The predicted molar refractivity (Wildman–Crippen MR) is 78.6 cm³/mol. The number of halogens is 1. The van der Waals surface area contributed by atoms with Gasteiger partial charge in [-0.05, 0) is 18.2 Å². The van der Waals surface area contributed by atoms with Crippen LogP contribution in [0, 0.1) is 5.92 Å². The number of nitrogens with zero attached hydrogens (tertiary/aromatic N) is 1. The highest BCUT2D eigenvalue weighted by molar-refractivity contribution is 6.31. The van der Waals surface area contributed by atoms with Crippen LogP contribution in [0.5, 0.6) is 5.75 Å². The first-order chi connectivity index (χ1) is 10.4. The summed E-state index contributed by atoms with van der Waals surface area (Å²) < 4.78 is 9.96. The van der Waals surface area contributed by atoms with Gasteiger partial charge in [0.1, 0.15) is 5.75 Å². The molecule has 0 aliphatic carbocycles. The first kappa shape index (κ1) is 16.1. The molecule has 8 heteroatoms. The summed E-state index contributed by atoms with van der Waals surface area (Å²) in [5.74, 6) is -1.80. The minimum Gasteiger partial charge on any atom is -0.495 e. The quantitative estimate of drug-likeness (QED) is 0.804. The van der Waals surface area contributed by atoms with Crippen molar-refractivity contribution in [3.63, 3.8) is 0 Å². The number of rotatable bonds is 5. The smallest absolute Gasteiger partial charge is 0.311 e. The second kappa shape index (κ2) is 6.65. The van der Waals surface area contributed by atoms with Crippen LogP contribution in [0.3, 0.4) is 0 Å². The number of anilines is 1. The van der Waals surface area contributed by atoms with Crippen molar-refractivity contribution in [3.05, 3.63) is 23.2 Å². The highest BCUT2D eigenvalue weighted by Crippen LogP contribution is 2.35. The molecule has 22 heavy (non-hydrogen) atoms. The van der Waals surface area contributed by atoms with Gasteiger partial charge in [-0.2, -0.15) is 0 Å². The van der Waals surface area contributed by atoms with E-state index in [2.05, 4.69) is 0 Å². The Morgan fingerprint density at radius 1 is 1.45 bits per heavy atom. The molecule has 0 radical (unpaired) electrons. The normalized spacial score (nSPS) is 17.5. The van der Waals surface area contributed by atoms with Crippen LogP contribution >= 0.6 is 11.6 Å². The van der Waals surface area contributed by atoms with Crippen LogP contribution in [-0.2, 0) is 19.1 Å². The average molecular weight is 327 g/mol. The molecule has 1 aliphatic rings. The molecule has 1 aromatic rings. The molecule has 7 nitrogen and oxygen atoms in total. The second-order valence-electron chi connectivity index (χ2n) is 4.80. The first-order valence-corrected chi connectivity index (χ1v) is 6.89. The lowest BCUT2D eigenvalue weighted by molar-refractivity contribution is -0.151. The van der Waals surface area contributed by atoms with Crippen LogP contribution in [0.25, 0.3) is 0 Å². The molecule has 1 fully saturated rings. The predicted octanol–water partition coefficient (Wildman–Crippen LogP) is 0.730. The Labute approximate surface area is 131 Å². The van der Waals surface area contributed by atoms with Gasteiger partial charge in [0.05, 0.1) is 18.7 Å². The third-order valence-corrected chi connectivity index (χ3v) is 3.48. The molecule has 2 amide bonds. The van der Waals surface area contributed by atoms with E-state index in [4.69, 9.17) is 26.8 Å². The van der Waals surface area contributed by atoms with Crippen LogP contribution in [0.1, 0.15) is 6.42 Å². The van der Waals surface area contributed by atoms with E-state index < -0.39 is 24.4 Å². The van der Waals surface area contributed by atoms with Crippen LogP contribution < -0.4 is 15.4 Å². The summed E-state index contributed by atoms with van der Waals surface area (Å²) in [6, 6.07) is 4.88. The third-order valence-electron chi connectivity index (χ3n) is 3.25. The zero-order chi connectivity index (χ0) is 16.3. The summed E-state index contributed by atoms with van der Waals surface area (Å²) in [5.41, 5.74) is 5.41. The first-order valence-electron chi connectivity index (χ1n) is 6.51. The van der Waals surface area contributed by atoms with Gasteiger partial charge >= 0.3 is 5.97 Å². The van der Waals surface area contributed by atoms with Crippen LogP contribution in [-0.4, -0.2) is 38.0 Å². The highest BCUT2D eigenvalue weighted by atomic mass is 35.5. The number of benzene rings is 1. The molecule has 0 unspecified atom stereocenters. The van der Waals surface area contributed by atoms with Gasteiger partial charge in [0, 0.05) is 18.0 Å². The molecule has 1 aromatic carbocycles. The zero-order valence-corrected chi connectivity index (χ0v) is 12.6. The van der Waals surface area contributed by atoms with Crippen LogP contribution in [0.2, 0.25) is 5.02 Å². The molecule has 118 valence electrons. The minimum absolute atomic E-state index is 0.00668. The van der Waals surface area contributed by atoms with Gasteiger partial charge in [-0.15, -0.1) is 0 Å². The van der Waals surface area contributed by atoms with Crippen LogP contribution in [0.4, 0.5) is 5.69 Å². The average Bonchev–Trinajstić information content (AvgIpc) is 2.86. The molecule has 0 aromatic heterocycles. The number of hydrogen-bond donors (Lipinski definition) is 1. The lowest BCUT2D eigenvalue weighted by Gasteiger charge is -2.19. The van der Waals surface area contributed by atoms with Gasteiger partial charge in [-0.3, -0.25) is 14.4 Å². The van der Waals surface area contributed by atoms with Gasteiger partial charge in [-0.1, -0.05) is 11.6 Å². The molecule has 1 aliphatic heterocycles. The fraction of sp³-hybridized carbons (Fsp3) is 0.357. The monoisotopic (exact) mass is 326 g/mol. The maximum atomic E-state index is 12.1. The largest absolute Gasteiger partial charge is 0.495 e. The van der Waals surface area contributed by atoms with E-state index in [1.807, 2.05) is 0 Å². The Balaban J connectivity index is 2.14. The fourth-order valence-electron chi connectivity index (χ4n) is 2.23. The summed E-state index contributed by atoms with van der Waals surface area (Å²) in [7, 11) is 1.48. The molecule has 1 heterocycles. The molecule has 0 spiro atoms. The number of carbonyl (C=O) groups excluding carboxylic acids is 3. The lowest BCUT2D eigenvalue weighted by atomic mass is 10.1. The Kier molecular flexibility index (Phi) is 4.87. The highest BCUT2D eigenvalue weighted by Gasteiger charge is 2.37. The standard InChI is InChI=1S/C14H15ClN2O5/c1-21-11-3-2-9(15)5-10(11)17-6-8(4-13(17)19)14(20)22-7-12(16)18/h2-3,5,8H,4,6-7H2,1H3,(H2,16,18)/t8-/m0/s1. The van der Waals surface area contributed by atoms with Gasteiger partial charge in [-0.25, -0.2) is 0 Å². The topological polar surface area (TPSA) is 98.9 Å². The molecule has 0 bridgehead atoms. The maximum Gasteiger partial charge on any atom is 0.311 e. The van der Waals surface area contributed by atoms with Crippen molar-refractivity contribution in [2.45, 2.75) is 6.42 Å². The Hall–Kier alpha value is -2.28. The fourth-order valence-corrected chi connectivity index (χ4v) is 2.40. The third kappa shape index (κ3) is 3.48. The SMILES string of the molecule is COc1ccc(Cl)cc1N1C[C@@H](C(=O)OCC(N)=O)CC1=O. The van der Waals surface area contributed by atoms with E-state index >= 15 is 0 Å². The van der Waals surface area contributed by atoms with Crippen molar-refractivity contribution in [1.82, 2.24) is 0 Å². The van der Waals surface area contributed by atoms with Crippen molar-refractivity contribution < 1.29 is 23.9 Å². The van der Waals surface area contributed by atoms with Gasteiger partial charge in [0.25, 0.3) is 5.91 Å². The van der Waals surface area contributed by atoms with Gasteiger partial charge in [0.15, 0.2) is 6.61 Å². The second-order valence-corrected chi connectivity index (χ2v) is 5.23. The number of esters is 1. The van der Waals surface area contributed by atoms with Crippen LogP contribution in [0.15, 0.2) is 18.2 Å². The Morgan fingerprint density at radius 3 is 2.82 bits per heavy atom. The van der Waals surface area contributed by atoms with E-state index in [-0.39, 0.29) is 18.9 Å². The van der Waals surface area contributed by atoms with Crippen molar-refractivity contribution in [3.8, 4) is 5.75 Å². The summed E-state index contributed by atoms with van der Waals surface area (Å²) in [5, 5.41) is 0.448. The minimum atomic E-state index is -0.744. The number of nitrogens with two attached hydrogens (primary N) is 1. The summed E-state index contributed by atoms with van der Waals surface area (Å²) in [4.78, 5) is 36.0. The van der Waals surface area contributed by atoms with E-state index in [1.165, 1.54) is 12.0 Å². The summed E-state index contributed by atoms with van der Waals surface area (Å²) >= 11 is 5.95. The van der Waals surface area contributed by atoms with Crippen molar-refractivity contribution in [1.29, 1.82) is 0 Å². The Morgan fingerprint density at radius 2 is 2.18 bits per heavy atom. The summed E-state index contributed by atoms with van der Waals surface area (Å²) in [6.45, 7) is -0.364. The molecule has 2 N–H and O–H groups in total. The molecular formula is C14H15ClN2O5. The number of hydrogen-bond acceptors (Lipinski definition) is 5. The number of carbonyl (C=O) groups is 3. The molecule has 0 saturated carbocycles. The van der Waals surface area contributed by atoms with Crippen molar-refractivity contribution >= 4 is 35.1 Å². The number of primary amides is 1. The Bertz CT molecular complexity index is 619. The van der Waals surface area contributed by atoms with Crippen molar-refractivity contribution in [2.75, 3.05) is 25.2 Å². The lowest BCUT2D eigenvalue weighted by Crippen LogP contribution is -2.28. The van der Waals surface area contributed by atoms with Gasteiger partial charge < -0.3 is 20.1 Å². The number of amides is 2. The zero-order valence-electron chi connectivity index (χ0n) is 11.9. The maximum absolute atomic E-state index is 12.1. The summed E-state index contributed by atoms with van der Waals surface area (Å²) in [6.07, 6.45) is -0.00668. The van der Waals surface area contributed by atoms with E-state index in [9.17, 15) is 14.4 Å². The molecule has 2 rings (SSSR count). The number of methoxy groups -OCH3 is 1. The van der Waals surface area contributed by atoms with Crippen molar-refractivity contribution in [2.24, 2.45) is 11.7 Å². The van der Waals surface area contributed by atoms with Gasteiger partial charge in [0.2, 0.25) is 5.91 Å². The molecule has 1 atom stereocenters. The molecule has 1 saturated heterocycles. The number of ether oxygens (including phenoxy) is 2. The molecular weight excluding hydrogens is 312 g/mol.